The minimum Gasteiger partial charge on any atom is -0.390 e. The zero-order chi connectivity index (χ0) is 27.5. The van der Waals surface area contributed by atoms with Crippen molar-refractivity contribution in [2.75, 3.05) is 25.9 Å². The van der Waals surface area contributed by atoms with Crippen molar-refractivity contribution in [1.29, 1.82) is 0 Å². The fourth-order valence-corrected chi connectivity index (χ4v) is 6.28. The van der Waals surface area contributed by atoms with Crippen molar-refractivity contribution in [3.63, 3.8) is 0 Å². The Kier molecular flexibility index (Phi) is 13.6. The Morgan fingerprint density at radius 1 is 1.08 bits per heavy atom. The molecule has 3 rings (SSSR count). The third-order valence-corrected chi connectivity index (χ3v) is 8.46. The highest BCUT2D eigenvalue weighted by Gasteiger charge is 2.27. The van der Waals surface area contributed by atoms with Crippen LogP contribution < -0.4 is 16.4 Å². The van der Waals surface area contributed by atoms with Crippen LogP contribution in [0.1, 0.15) is 56.9 Å². The summed E-state index contributed by atoms with van der Waals surface area (Å²) in [5, 5.41) is 17.4. The lowest BCUT2D eigenvalue weighted by Crippen LogP contribution is -2.50. The number of amides is 2. The Balaban J connectivity index is 0.00000533. The number of sulfonamides is 1. The Bertz CT molecular complexity index is 1170. The molecule has 1 aliphatic carbocycles. The van der Waals surface area contributed by atoms with E-state index in [2.05, 4.69) is 10.6 Å². The minimum atomic E-state index is -3.39. The van der Waals surface area contributed by atoms with E-state index in [9.17, 15) is 23.1 Å². The molecule has 0 aromatic heterocycles. The van der Waals surface area contributed by atoms with Crippen molar-refractivity contribution >= 4 is 45.0 Å². The van der Waals surface area contributed by atoms with E-state index in [1.807, 2.05) is 42.5 Å². The first-order valence-corrected chi connectivity index (χ1v) is 15.4. The molecule has 11 heteroatoms. The van der Waals surface area contributed by atoms with Gasteiger partial charge in [0, 0.05) is 38.5 Å². The second kappa shape index (κ2) is 16.1. The molecule has 0 heterocycles. The summed E-state index contributed by atoms with van der Waals surface area (Å²) in [6, 6.07) is 12.9. The molecule has 1 unspecified atom stereocenters. The van der Waals surface area contributed by atoms with Gasteiger partial charge >= 0.3 is 0 Å². The SMILES string of the molecule is CS(=O)(=O)N(CCCC(=O)N[C@H](Cc1ccc2ccccc2c1)C(=O)NCC(O)CN)C1CCCCCC1.Cl. The van der Waals surface area contributed by atoms with Gasteiger partial charge in [-0.15, -0.1) is 12.4 Å². The average molecular weight is 583 g/mol. The second-order valence-electron chi connectivity index (χ2n) is 10.3. The third kappa shape index (κ3) is 10.7. The van der Waals surface area contributed by atoms with Gasteiger partial charge in [-0.2, -0.15) is 4.31 Å². The van der Waals surface area contributed by atoms with E-state index in [4.69, 9.17) is 5.73 Å². The van der Waals surface area contributed by atoms with E-state index >= 15 is 0 Å². The number of carbonyl (C=O) groups excluding carboxylic acids is 2. The van der Waals surface area contributed by atoms with Crippen molar-refractivity contribution < 1.29 is 23.1 Å². The van der Waals surface area contributed by atoms with Crippen LogP contribution in [0.4, 0.5) is 0 Å². The molecule has 0 spiro atoms. The lowest BCUT2D eigenvalue weighted by atomic mass is 10.0. The van der Waals surface area contributed by atoms with Crippen LogP contribution in [0.5, 0.6) is 0 Å². The number of rotatable bonds is 13. The number of nitrogens with one attached hydrogen (secondary N) is 2. The Morgan fingerprint density at radius 3 is 2.38 bits per heavy atom. The summed E-state index contributed by atoms with van der Waals surface area (Å²) >= 11 is 0. The van der Waals surface area contributed by atoms with Gasteiger partial charge in [0.2, 0.25) is 21.8 Å². The van der Waals surface area contributed by atoms with Crippen LogP contribution in [0, 0.1) is 0 Å². The maximum Gasteiger partial charge on any atom is 0.243 e. The Labute approximate surface area is 238 Å². The van der Waals surface area contributed by atoms with Gasteiger partial charge in [0.25, 0.3) is 0 Å². The zero-order valence-electron chi connectivity index (χ0n) is 22.7. The molecule has 1 fully saturated rings. The van der Waals surface area contributed by atoms with E-state index in [-0.39, 0.29) is 56.8 Å². The number of hydrogen-bond donors (Lipinski definition) is 4. The molecule has 39 heavy (non-hydrogen) atoms. The van der Waals surface area contributed by atoms with E-state index in [0.29, 0.717) is 6.42 Å². The van der Waals surface area contributed by atoms with Gasteiger partial charge in [-0.3, -0.25) is 9.59 Å². The lowest BCUT2D eigenvalue weighted by molar-refractivity contribution is -0.129. The van der Waals surface area contributed by atoms with Crippen LogP contribution in [-0.4, -0.2) is 73.7 Å². The second-order valence-corrected chi connectivity index (χ2v) is 12.2. The quantitative estimate of drug-likeness (QED) is 0.267. The summed E-state index contributed by atoms with van der Waals surface area (Å²) in [6.07, 6.45) is 7.08. The molecule has 0 aliphatic heterocycles. The molecule has 2 aromatic carbocycles. The topological polar surface area (TPSA) is 142 Å². The normalized spacial score (nSPS) is 16.2. The van der Waals surface area contributed by atoms with Gasteiger partial charge in [-0.1, -0.05) is 68.1 Å². The van der Waals surface area contributed by atoms with Gasteiger partial charge in [0.15, 0.2) is 0 Å². The molecule has 0 saturated heterocycles. The van der Waals surface area contributed by atoms with Crippen molar-refractivity contribution in [3.8, 4) is 0 Å². The number of aliphatic hydroxyl groups excluding tert-OH is 1. The first-order chi connectivity index (χ1) is 18.2. The van der Waals surface area contributed by atoms with Crippen LogP contribution in [0.25, 0.3) is 10.8 Å². The maximum absolute atomic E-state index is 13.0. The van der Waals surface area contributed by atoms with Gasteiger partial charge in [-0.25, -0.2) is 8.42 Å². The highest BCUT2D eigenvalue weighted by Crippen LogP contribution is 2.24. The van der Waals surface area contributed by atoms with Gasteiger partial charge in [0.1, 0.15) is 6.04 Å². The minimum absolute atomic E-state index is 0. The predicted octanol–water partition coefficient (Wildman–Crippen LogP) is 2.49. The number of hydrogen-bond acceptors (Lipinski definition) is 6. The first kappa shape index (κ1) is 33.0. The number of benzene rings is 2. The average Bonchev–Trinajstić information content (AvgIpc) is 3.17. The summed E-state index contributed by atoms with van der Waals surface area (Å²) in [5.41, 5.74) is 6.33. The van der Waals surface area contributed by atoms with E-state index in [1.165, 1.54) is 6.26 Å². The van der Waals surface area contributed by atoms with Crippen molar-refractivity contribution in [1.82, 2.24) is 14.9 Å². The number of halogens is 1. The number of carbonyl (C=O) groups is 2. The third-order valence-electron chi connectivity index (χ3n) is 7.13. The smallest absolute Gasteiger partial charge is 0.243 e. The molecule has 1 saturated carbocycles. The number of nitrogens with zero attached hydrogens (tertiary/aromatic N) is 1. The van der Waals surface area contributed by atoms with Gasteiger partial charge in [0.05, 0.1) is 12.4 Å². The molecular formula is C28H43ClN4O5S. The summed E-state index contributed by atoms with van der Waals surface area (Å²) in [7, 11) is -3.39. The van der Waals surface area contributed by atoms with E-state index < -0.39 is 28.1 Å². The molecule has 0 radical (unpaired) electrons. The molecule has 2 atom stereocenters. The largest absolute Gasteiger partial charge is 0.390 e. The van der Waals surface area contributed by atoms with Crippen molar-refractivity contribution in [3.05, 3.63) is 48.0 Å². The standard InChI is InChI=1S/C28H42N4O5S.ClH/c1-38(36,37)32(24-11-4-2-3-5-12-24)16-8-13-27(34)31-26(28(35)30-20-25(33)19-29)18-21-14-15-22-9-6-7-10-23(22)17-21;/h6-7,9-10,14-15,17,24-26,33H,2-5,8,11-13,16,18-20,29H2,1H3,(H,30,35)(H,31,34);1H/t25?,26-;/m1./s1. The van der Waals surface area contributed by atoms with Gasteiger partial charge < -0.3 is 21.5 Å². The predicted molar refractivity (Wildman–Crippen MR) is 157 cm³/mol. The van der Waals surface area contributed by atoms with Gasteiger partial charge in [-0.05, 0) is 35.6 Å². The molecule has 1 aliphatic rings. The molecule has 218 valence electrons. The summed E-state index contributed by atoms with van der Waals surface area (Å²) in [6.45, 7) is 0.283. The number of fused-ring (bicyclic) bond motifs is 1. The lowest BCUT2D eigenvalue weighted by Gasteiger charge is -2.29. The fraction of sp³-hybridized carbons (Fsp3) is 0.571. The van der Waals surface area contributed by atoms with Crippen LogP contribution in [0.2, 0.25) is 0 Å². The van der Waals surface area contributed by atoms with Crippen LogP contribution in [0.15, 0.2) is 42.5 Å². The molecule has 2 aromatic rings. The van der Waals surface area contributed by atoms with Crippen LogP contribution >= 0.6 is 12.4 Å². The van der Waals surface area contributed by atoms with E-state index in [1.54, 1.807) is 4.31 Å². The van der Waals surface area contributed by atoms with Crippen LogP contribution in [0.3, 0.4) is 0 Å². The molecule has 9 nitrogen and oxygen atoms in total. The molecule has 2 amide bonds. The van der Waals surface area contributed by atoms with E-state index in [0.717, 1.165) is 54.9 Å². The molecule has 0 bridgehead atoms. The number of aliphatic hydroxyl groups is 1. The van der Waals surface area contributed by atoms with Crippen molar-refractivity contribution in [2.45, 2.75) is 76.0 Å². The number of nitrogens with two attached hydrogens (primary N) is 1. The maximum atomic E-state index is 13.0. The summed E-state index contributed by atoms with van der Waals surface area (Å²) in [4.78, 5) is 25.8. The monoisotopic (exact) mass is 582 g/mol. The first-order valence-electron chi connectivity index (χ1n) is 13.6. The van der Waals surface area contributed by atoms with Crippen molar-refractivity contribution in [2.24, 2.45) is 5.73 Å². The Hall–Kier alpha value is -2.24. The molecule has 5 N–H and O–H groups in total. The molecular weight excluding hydrogens is 540 g/mol. The summed E-state index contributed by atoms with van der Waals surface area (Å²) in [5.74, 6) is -0.727. The fourth-order valence-electron chi connectivity index (χ4n) is 5.06. The summed E-state index contributed by atoms with van der Waals surface area (Å²) < 4.78 is 26.5. The zero-order valence-corrected chi connectivity index (χ0v) is 24.3. The highest BCUT2D eigenvalue weighted by molar-refractivity contribution is 7.88. The highest BCUT2D eigenvalue weighted by atomic mass is 35.5. The Morgan fingerprint density at radius 2 is 1.74 bits per heavy atom. The van der Waals surface area contributed by atoms with Crippen LogP contribution in [-0.2, 0) is 26.0 Å².